The van der Waals surface area contributed by atoms with Crippen LogP contribution in [0, 0.1) is 25.1 Å². The number of aliphatic hydroxyl groups excluding tert-OH is 1. The standard InChI is InChI=1S/C24H31N5O2.C2HFO2.2FH/c1-17-20(21-5-3-4-6-22(21)28(17)2)7-10-25-13-18-8-11-29(12-9-18)24-26-14-19(15-27-24)23(31)16-30;3-1-2-5-4;;/h3-6,14-15,18,25,30H,7-13,16H2,1-2H3;4H;2*1H. The third-order valence-corrected chi connectivity index (χ3v) is 6.60. The normalized spacial score (nSPS) is 12.8. The molecule has 0 atom stereocenters. The molecular formula is C26H34F3N5O4. The predicted octanol–water partition coefficient (Wildman–Crippen LogP) is 3.17. The molecule has 1 aliphatic rings. The molecule has 0 unspecified atom stereocenters. The number of piperidine rings is 1. The van der Waals surface area contributed by atoms with Crippen LogP contribution in [0.1, 0.15) is 34.5 Å². The second kappa shape index (κ2) is 16.2. The van der Waals surface area contributed by atoms with Gasteiger partial charge in [-0.1, -0.05) is 18.2 Å². The molecule has 0 radical (unpaired) electrons. The lowest BCUT2D eigenvalue weighted by Gasteiger charge is -2.32. The number of anilines is 1. The van der Waals surface area contributed by atoms with Gasteiger partial charge in [-0.2, -0.15) is 5.26 Å². The number of aryl methyl sites for hydroxylation is 1. The summed E-state index contributed by atoms with van der Waals surface area (Å²) >= 11 is 0. The third kappa shape index (κ3) is 8.17. The average Bonchev–Trinajstić information content (AvgIpc) is 3.17. The predicted molar refractivity (Wildman–Crippen MR) is 140 cm³/mol. The molecule has 2 aromatic heterocycles. The van der Waals surface area contributed by atoms with Gasteiger partial charge in [0.25, 0.3) is 0 Å². The van der Waals surface area contributed by atoms with Crippen LogP contribution in [0.3, 0.4) is 0 Å². The first-order valence-electron chi connectivity index (χ1n) is 11.9. The van der Waals surface area contributed by atoms with Gasteiger partial charge in [0.1, 0.15) is 6.61 Å². The third-order valence-electron chi connectivity index (χ3n) is 6.60. The number of carbonyl (C=O) groups excluding carboxylic acids is 1. The molecule has 1 aromatic carbocycles. The number of hydrogen-bond acceptors (Lipinski definition) is 8. The summed E-state index contributed by atoms with van der Waals surface area (Å²) in [7, 11) is 2.14. The summed E-state index contributed by atoms with van der Waals surface area (Å²) in [5.41, 5.74) is 4.45. The molecule has 3 N–H and O–H groups in total. The summed E-state index contributed by atoms with van der Waals surface area (Å²) in [4.78, 5) is 25.2. The van der Waals surface area contributed by atoms with Crippen LogP contribution < -0.4 is 10.2 Å². The van der Waals surface area contributed by atoms with E-state index < -0.39 is 6.61 Å². The van der Waals surface area contributed by atoms with Gasteiger partial charge in [0.15, 0.2) is 18.1 Å². The van der Waals surface area contributed by atoms with E-state index in [-0.39, 0.29) is 15.2 Å². The van der Waals surface area contributed by atoms with Crippen LogP contribution in [-0.4, -0.2) is 63.5 Å². The second-order valence-corrected chi connectivity index (χ2v) is 8.67. The molecule has 1 fully saturated rings. The Balaban J connectivity index is 0.000000946. The van der Waals surface area contributed by atoms with E-state index in [9.17, 15) is 9.18 Å². The van der Waals surface area contributed by atoms with E-state index in [1.54, 1.807) is 0 Å². The van der Waals surface area contributed by atoms with E-state index in [1.807, 2.05) is 0 Å². The van der Waals surface area contributed by atoms with Crippen molar-refractivity contribution in [1.29, 1.82) is 0 Å². The molecule has 0 spiro atoms. The van der Waals surface area contributed by atoms with E-state index in [1.165, 1.54) is 40.7 Å². The molecular weight excluding hydrogens is 503 g/mol. The molecule has 0 amide bonds. The quantitative estimate of drug-likeness (QED) is 0.132. The zero-order valence-electron chi connectivity index (χ0n) is 21.4. The van der Waals surface area contributed by atoms with E-state index >= 15 is 0 Å². The molecule has 0 aliphatic carbocycles. The van der Waals surface area contributed by atoms with Gasteiger partial charge in [0.2, 0.25) is 5.95 Å². The monoisotopic (exact) mass is 537 g/mol. The molecule has 4 rings (SSSR count). The number of aliphatic hydroxyl groups is 1. The minimum absolute atomic E-state index is 0. The molecule has 3 aromatic rings. The number of nitrogens with one attached hydrogen (secondary N) is 1. The number of Topliss-reactive ketones (excluding diaryl/α,β-unsaturated/α-hetero) is 1. The SMILES string of the molecule is Cc1c(CCNCC2CCN(c3ncc(C(=O)CO)cn3)CC2)c2ccccc2n1C.F.F.OOC#CF. The Bertz CT molecular complexity index is 1200. The van der Waals surface area contributed by atoms with Gasteiger partial charge in [-0.25, -0.2) is 9.97 Å². The van der Waals surface area contributed by atoms with Crippen LogP contribution in [0.5, 0.6) is 0 Å². The molecule has 0 bridgehead atoms. The average molecular weight is 538 g/mol. The number of fused-ring (bicyclic) bond motifs is 1. The molecule has 208 valence electrons. The number of halogens is 3. The van der Waals surface area contributed by atoms with Gasteiger partial charge in [-0.05, 0) is 56.8 Å². The van der Waals surface area contributed by atoms with E-state index in [0.717, 1.165) is 51.6 Å². The Hall–Kier alpha value is -3.66. The van der Waals surface area contributed by atoms with Crippen LogP contribution >= 0.6 is 0 Å². The molecule has 38 heavy (non-hydrogen) atoms. The maximum absolute atomic E-state index is 11.5. The van der Waals surface area contributed by atoms with Crippen molar-refractivity contribution in [3.63, 3.8) is 0 Å². The summed E-state index contributed by atoms with van der Waals surface area (Å²) < 4.78 is 12.6. The molecule has 3 heterocycles. The van der Waals surface area contributed by atoms with Gasteiger partial charge < -0.3 is 19.9 Å². The number of nitrogens with zero attached hydrogens (tertiary/aromatic N) is 4. The van der Waals surface area contributed by atoms with Crippen LogP contribution in [-0.2, 0) is 18.4 Å². The fraction of sp³-hybridized carbons (Fsp3) is 0.423. The van der Waals surface area contributed by atoms with Crippen molar-refractivity contribution < 1.29 is 33.8 Å². The van der Waals surface area contributed by atoms with Crippen LogP contribution in [0.2, 0.25) is 0 Å². The molecule has 12 heteroatoms. The number of aromatic nitrogens is 3. The number of hydrogen-bond donors (Lipinski definition) is 3. The lowest BCUT2D eigenvalue weighted by atomic mass is 9.97. The van der Waals surface area contributed by atoms with E-state index in [0.29, 0.717) is 17.4 Å². The minimum Gasteiger partial charge on any atom is -0.388 e. The summed E-state index contributed by atoms with van der Waals surface area (Å²) in [6.07, 6.45) is 8.29. The second-order valence-electron chi connectivity index (χ2n) is 8.67. The van der Waals surface area contributed by atoms with Crippen LogP contribution in [0.25, 0.3) is 10.9 Å². The number of ketones is 1. The fourth-order valence-electron chi connectivity index (χ4n) is 4.51. The Morgan fingerprint density at radius 2 is 1.87 bits per heavy atom. The van der Waals surface area contributed by atoms with Gasteiger partial charge in [0, 0.05) is 49.1 Å². The van der Waals surface area contributed by atoms with Crippen molar-refractivity contribution in [1.82, 2.24) is 19.9 Å². The van der Waals surface area contributed by atoms with E-state index in [2.05, 4.69) is 67.9 Å². The maximum Gasteiger partial charge on any atom is 0.225 e. The van der Waals surface area contributed by atoms with Crippen molar-refractivity contribution in [3.05, 3.63) is 53.5 Å². The fourth-order valence-corrected chi connectivity index (χ4v) is 4.51. The van der Waals surface area contributed by atoms with Crippen LogP contribution in [0.4, 0.5) is 19.7 Å². The number of rotatable bonds is 8. The molecule has 9 nitrogen and oxygen atoms in total. The lowest BCUT2D eigenvalue weighted by molar-refractivity contribution is -0.172. The van der Waals surface area contributed by atoms with Gasteiger partial charge in [-0.3, -0.25) is 19.1 Å². The van der Waals surface area contributed by atoms with Gasteiger partial charge in [0.05, 0.1) is 5.56 Å². The highest BCUT2D eigenvalue weighted by Gasteiger charge is 2.21. The topological polar surface area (TPSA) is 113 Å². The Morgan fingerprint density at radius 1 is 1.21 bits per heavy atom. The Morgan fingerprint density at radius 3 is 2.45 bits per heavy atom. The molecule has 1 aliphatic heterocycles. The summed E-state index contributed by atoms with van der Waals surface area (Å²) in [5, 5.41) is 21.1. The first kappa shape index (κ1) is 32.4. The first-order valence-corrected chi connectivity index (χ1v) is 11.9. The number of benzene rings is 1. The highest BCUT2D eigenvalue weighted by molar-refractivity contribution is 5.96. The lowest BCUT2D eigenvalue weighted by Crippen LogP contribution is -2.38. The van der Waals surface area contributed by atoms with Gasteiger partial charge in [-0.15, -0.1) is 4.39 Å². The minimum atomic E-state index is -0.513. The van der Waals surface area contributed by atoms with Crippen molar-refractivity contribution in [2.75, 3.05) is 37.7 Å². The zero-order valence-corrected chi connectivity index (χ0v) is 21.4. The molecule has 0 saturated carbocycles. The first-order chi connectivity index (χ1) is 17.5. The zero-order chi connectivity index (χ0) is 25.9. The highest BCUT2D eigenvalue weighted by atomic mass is 19.1. The van der Waals surface area contributed by atoms with Crippen molar-refractivity contribution in [2.24, 2.45) is 13.0 Å². The number of carbonyl (C=O) groups is 1. The maximum atomic E-state index is 11.5. The summed E-state index contributed by atoms with van der Waals surface area (Å²) in [5.74, 6) is 0.961. The van der Waals surface area contributed by atoms with Crippen molar-refractivity contribution in [3.8, 4) is 12.3 Å². The van der Waals surface area contributed by atoms with Crippen LogP contribution in [0.15, 0.2) is 36.7 Å². The highest BCUT2D eigenvalue weighted by Crippen LogP contribution is 2.25. The Labute approximate surface area is 219 Å². The van der Waals surface area contributed by atoms with E-state index in [4.69, 9.17) is 10.4 Å². The Kier molecular flexibility index (Phi) is 13.8. The summed E-state index contributed by atoms with van der Waals surface area (Å²) in [6, 6.07) is 8.63. The number of para-hydroxylation sites is 1. The largest absolute Gasteiger partial charge is 0.388 e. The summed E-state index contributed by atoms with van der Waals surface area (Å²) in [6.45, 7) is 5.55. The van der Waals surface area contributed by atoms with Crippen molar-refractivity contribution >= 4 is 22.6 Å². The molecule has 1 saturated heterocycles. The smallest absolute Gasteiger partial charge is 0.225 e. The van der Waals surface area contributed by atoms with Crippen molar-refractivity contribution in [2.45, 2.75) is 26.2 Å². The van der Waals surface area contributed by atoms with Gasteiger partial charge >= 0.3 is 0 Å².